The number of esters is 1. The van der Waals surface area contributed by atoms with Crippen molar-refractivity contribution in [1.82, 2.24) is 0 Å². The summed E-state index contributed by atoms with van der Waals surface area (Å²) in [6.45, 7) is 0.484. The highest BCUT2D eigenvalue weighted by Crippen LogP contribution is 2.00. The van der Waals surface area contributed by atoms with E-state index >= 15 is 0 Å². The molecule has 0 atom stereocenters. The summed E-state index contributed by atoms with van der Waals surface area (Å²) in [4.78, 5) is 10.6. The molecule has 0 amide bonds. The number of hydrogen-bond acceptors (Lipinski definition) is 3. The van der Waals surface area contributed by atoms with Crippen molar-refractivity contribution in [3.63, 3.8) is 0 Å². The monoisotopic (exact) mass is 116 g/mol. The van der Waals surface area contributed by atoms with Crippen molar-refractivity contribution < 1.29 is 9.53 Å². The molecule has 1 rings (SSSR count). The van der Waals surface area contributed by atoms with Gasteiger partial charge in [0, 0.05) is 6.42 Å². The molecular formula is C4H4O2S. The molecule has 0 aromatic heterocycles. The molecule has 0 unspecified atom stereocenters. The first kappa shape index (κ1) is 4.71. The molecule has 0 spiro atoms. The first-order chi connectivity index (χ1) is 3.30. The van der Waals surface area contributed by atoms with Crippen molar-refractivity contribution in [3.05, 3.63) is 0 Å². The summed E-state index contributed by atoms with van der Waals surface area (Å²) in [5, 5.41) is 0. The van der Waals surface area contributed by atoms with Gasteiger partial charge < -0.3 is 4.74 Å². The number of cyclic esters (lactones) is 1. The van der Waals surface area contributed by atoms with Gasteiger partial charge in [-0.25, -0.2) is 4.79 Å². The summed E-state index contributed by atoms with van der Waals surface area (Å²) >= 11 is 4.57. The van der Waals surface area contributed by atoms with Gasteiger partial charge in [0.1, 0.15) is 4.86 Å². The van der Waals surface area contributed by atoms with Crippen LogP contribution in [0.25, 0.3) is 0 Å². The van der Waals surface area contributed by atoms with E-state index < -0.39 is 0 Å². The molecule has 0 aromatic carbocycles. The van der Waals surface area contributed by atoms with Gasteiger partial charge in [-0.3, -0.25) is 0 Å². The lowest BCUT2D eigenvalue weighted by Crippen LogP contribution is -2.01. The van der Waals surface area contributed by atoms with E-state index in [1.54, 1.807) is 0 Å². The molecule has 1 fully saturated rings. The third-order valence-electron chi connectivity index (χ3n) is 0.790. The van der Waals surface area contributed by atoms with E-state index in [-0.39, 0.29) is 5.97 Å². The zero-order valence-corrected chi connectivity index (χ0v) is 4.46. The van der Waals surface area contributed by atoms with E-state index in [1.807, 2.05) is 0 Å². The van der Waals surface area contributed by atoms with Crippen LogP contribution in [0.15, 0.2) is 0 Å². The third-order valence-corrected chi connectivity index (χ3v) is 1.16. The van der Waals surface area contributed by atoms with Gasteiger partial charge in [0.05, 0.1) is 6.61 Å². The number of ether oxygens (including phenoxy) is 1. The van der Waals surface area contributed by atoms with Crippen molar-refractivity contribution in [1.29, 1.82) is 0 Å². The van der Waals surface area contributed by atoms with E-state index in [4.69, 9.17) is 0 Å². The summed E-state index contributed by atoms with van der Waals surface area (Å²) < 4.78 is 4.48. The first-order valence-electron chi connectivity index (χ1n) is 2.00. The molecule has 1 saturated heterocycles. The van der Waals surface area contributed by atoms with E-state index in [0.717, 1.165) is 0 Å². The van der Waals surface area contributed by atoms with Gasteiger partial charge in [0.25, 0.3) is 0 Å². The Bertz CT molecular complexity index is 105. The molecule has 0 N–H and O–H groups in total. The minimum absolute atomic E-state index is 0.310. The number of rotatable bonds is 0. The quantitative estimate of drug-likeness (QED) is 0.336. The summed E-state index contributed by atoms with van der Waals surface area (Å²) in [5.41, 5.74) is 0. The molecule has 0 radical (unpaired) electrons. The lowest BCUT2D eigenvalue weighted by molar-refractivity contribution is -0.132. The maximum absolute atomic E-state index is 10.2. The Morgan fingerprint density at radius 2 is 2.43 bits per heavy atom. The maximum Gasteiger partial charge on any atom is 0.345 e. The topological polar surface area (TPSA) is 26.3 Å². The van der Waals surface area contributed by atoms with Crippen LogP contribution in [0, 0.1) is 0 Å². The smallest absolute Gasteiger partial charge is 0.345 e. The van der Waals surface area contributed by atoms with Gasteiger partial charge in [-0.1, -0.05) is 12.2 Å². The highest BCUT2D eigenvalue weighted by atomic mass is 32.1. The fourth-order valence-electron chi connectivity index (χ4n) is 0.419. The molecule has 1 heterocycles. The number of carbonyl (C=O) groups excluding carboxylic acids is 1. The molecule has 0 aliphatic carbocycles. The highest BCUT2D eigenvalue weighted by Gasteiger charge is 2.16. The molecule has 1 aliphatic heterocycles. The van der Waals surface area contributed by atoms with Crippen LogP contribution in [0.2, 0.25) is 0 Å². The Kier molecular flexibility index (Phi) is 1.06. The maximum atomic E-state index is 10.2. The second-order valence-corrected chi connectivity index (χ2v) is 1.80. The molecule has 1 aliphatic rings. The van der Waals surface area contributed by atoms with Crippen LogP contribution in [0.1, 0.15) is 6.42 Å². The Morgan fingerprint density at radius 1 is 1.71 bits per heavy atom. The molecular weight excluding hydrogens is 112 g/mol. The predicted molar refractivity (Wildman–Crippen MR) is 28.2 cm³/mol. The Hall–Kier alpha value is -0.440. The van der Waals surface area contributed by atoms with Gasteiger partial charge >= 0.3 is 5.97 Å². The average molecular weight is 116 g/mol. The first-order valence-corrected chi connectivity index (χ1v) is 2.41. The van der Waals surface area contributed by atoms with Gasteiger partial charge in [0.15, 0.2) is 0 Å². The number of hydrogen-bond donors (Lipinski definition) is 0. The van der Waals surface area contributed by atoms with Crippen LogP contribution in [0.4, 0.5) is 0 Å². The van der Waals surface area contributed by atoms with Gasteiger partial charge in [-0.05, 0) is 0 Å². The zero-order valence-electron chi connectivity index (χ0n) is 3.64. The average Bonchev–Trinajstić information content (AvgIpc) is 1.91. The molecule has 3 heteroatoms. The summed E-state index contributed by atoms with van der Waals surface area (Å²) in [6, 6.07) is 0. The summed E-state index contributed by atoms with van der Waals surface area (Å²) in [6.07, 6.45) is 0.633. The Morgan fingerprint density at radius 3 is 2.57 bits per heavy atom. The van der Waals surface area contributed by atoms with E-state index in [0.29, 0.717) is 17.9 Å². The minimum atomic E-state index is -0.310. The van der Waals surface area contributed by atoms with Crippen molar-refractivity contribution in [2.45, 2.75) is 6.42 Å². The zero-order chi connectivity index (χ0) is 5.28. The second-order valence-electron chi connectivity index (χ2n) is 1.31. The molecule has 0 bridgehead atoms. The standard InChI is InChI=1S/C4H4O2S/c5-4-3(7)1-2-6-4/h1-2H2. The predicted octanol–water partition coefficient (Wildman–Crippen LogP) is 0.303. The number of carbonyl (C=O) groups is 1. The molecule has 2 nitrogen and oxygen atoms in total. The SMILES string of the molecule is O=C1OCCC1=S. The van der Waals surface area contributed by atoms with Gasteiger partial charge in [-0.15, -0.1) is 0 Å². The fourth-order valence-corrected chi connectivity index (χ4v) is 0.561. The van der Waals surface area contributed by atoms with E-state index in [2.05, 4.69) is 17.0 Å². The van der Waals surface area contributed by atoms with Crippen LogP contribution in [-0.2, 0) is 9.53 Å². The highest BCUT2D eigenvalue weighted by molar-refractivity contribution is 7.82. The molecule has 0 aromatic rings. The molecule has 38 valence electrons. The van der Waals surface area contributed by atoms with Crippen LogP contribution in [-0.4, -0.2) is 17.4 Å². The van der Waals surface area contributed by atoms with E-state index in [1.165, 1.54) is 0 Å². The lowest BCUT2D eigenvalue weighted by Gasteiger charge is -1.81. The fraction of sp³-hybridized carbons (Fsp3) is 0.500. The van der Waals surface area contributed by atoms with Crippen molar-refractivity contribution >= 4 is 23.1 Å². The second kappa shape index (κ2) is 1.58. The van der Waals surface area contributed by atoms with Crippen LogP contribution in [0.5, 0.6) is 0 Å². The van der Waals surface area contributed by atoms with E-state index in [9.17, 15) is 4.79 Å². The van der Waals surface area contributed by atoms with Crippen molar-refractivity contribution in [2.24, 2.45) is 0 Å². The van der Waals surface area contributed by atoms with Crippen molar-refractivity contribution in [3.8, 4) is 0 Å². The minimum Gasteiger partial charge on any atom is -0.461 e. The van der Waals surface area contributed by atoms with Gasteiger partial charge in [0.2, 0.25) is 0 Å². The van der Waals surface area contributed by atoms with Crippen LogP contribution in [0.3, 0.4) is 0 Å². The van der Waals surface area contributed by atoms with Crippen LogP contribution < -0.4 is 0 Å². The summed E-state index contributed by atoms with van der Waals surface area (Å²) in [5.74, 6) is -0.310. The molecule has 7 heavy (non-hydrogen) atoms. The molecule has 0 saturated carbocycles. The van der Waals surface area contributed by atoms with Gasteiger partial charge in [-0.2, -0.15) is 0 Å². The normalized spacial score (nSPS) is 20.0. The largest absolute Gasteiger partial charge is 0.461 e. The van der Waals surface area contributed by atoms with Crippen LogP contribution >= 0.6 is 12.2 Å². The Labute approximate surface area is 46.5 Å². The number of thiocarbonyl (C=S) groups is 1. The third kappa shape index (κ3) is 0.771. The lowest BCUT2D eigenvalue weighted by atomic mass is 10.4. The Balaban J connectivity index is 2.65. The summed E-state index contributed by atoms with van der Waals surface area (Å²) in [7, 11) is 0. The van der Waals surface area contributed by atoms with Crippen molar-refractivity contribution in [2.75, 3.05) is 6.61 Å².